The van der Waals surface area contributed by atoms with Gasteiger partial charge in [0, 0.05) is 23.9 Å². The zero-order valence-electron chi connectivity index (χ0n) is 13.5. The van der Waals surface area contributed by atoms with Crippen molar-refractivity contribution in [3.8, 4) is 0 Å². The van der Waals surface area contributed by atoms with Gasteiger partial charge in [0.15, 0.2) is 0 Å². The van der Waals surface area contributed by atoms with Crippen LogP contribution in [-0.4, -0.2) is 26.7 Å². The minimum atomic E-state index is -0.354. The number of benzene rings is 1. The van der Waals surface area contributed by atoms with E-state index in [9.17, 15) is 9.59 Å². The van der Waals surface area contributed by atoms with Gasteiger partial charge in [-0.3, -0.25) is 14.2 Å². The lowest BCUT2D eigenvalue weighted by atomic mass is 10.1. The van der Waals surface area contributed by atoms with E-state index in [1.165, 1.54) is 17.6 Å². The van der Waals surface area contributed by atoms with E-state index >= 15 is 0 Å². The Morgan fingerprint density at radius 2 is 2.28 bits per heavy atom. The summed E-state index contributed by atoms with van der Waals surface area (Å²) in [5.74, 6) is 0.430. The standard InChI is InChI=1S/C17H15N5O2S/c1-10-19-12(9-25-10)8-18-21-16(23)11-4-5-13-14(7-11)20-15-3-2-6-22(15)17(13)24/h4-5,7-9H,2-3,6H2,1H3,(H,21,23)/b18-8-. The molecular weight excluding hydrogens is 338 g/mol. The van der Waals surface area contributed by atoms with Crippen LogP contribution in [0.5, 0.6) is 0 Å². The Labute approximate surface area is 147 Å². The molecule has 1 aliphatic heterocycles. The van der Waals surface area contributed by atoms with Gasteiger partial charge in [0.05, 0.1) is 27.8 Å². The number of amides is 1. The molecule has 0 bridgehead atoms. The van der Waals surface area contributed by atoms with Crippen LogP contribution in [0.1, 0.15) is 33.3 Å². The van der Waals surface area contributed by atoms with Crippen LogP contribution in [0.2, 0.25) is 0 Å². The Balaban J connectivity index is 1.59. The molecule has 126 valence electrons. The molecule has 3 aromatic rings. The largest absolute Gasteiger partial charge is 0.296 e. The maximum Gasteiger partial charge on any atom is 0.271 e. The lowest BCUT2D eigenvalue weighted by molar-refractivity contribution is 0.0955. The van der Waals surface area contributed by atoms with Gasteiger partial charge in [-0.25, -0.2) is 15.4 Å². The fourth-order valence-corrected chi connectivity index (χ4v) is 3.45. The number of carbonyl (C=O) groups is 1. The molecule has 1 aliphatic rings. The zero-order valence-corrected chi connectivity index (χ0v) is 14.3. The quantitative estimate of drug-likeness (QED) is 0.575. The normalized spacial score (nSPS) is 13.5. The number of thiazole rings is 1. The number of fused-ring (bicyclic) bond motifs is 2. The average molecular weight is 353 g/mol. The van der Waals surface area contributed by atoms with Crippen LogP contribution in [0.15, 0.2) is 33.5 Å². The molecule has 4 rings (SSSR count). The summed E-state index contributed by atoms with van der Waals surface area (Å²) in [4.78, 5) is 33.4. The molecule has 0 fully saturated rings. The van der Waals surface area contributed by atoms with Crippen molar-refractivity contribution in [1.82, 2.24) is 20.0 Å². The second kappa shape index (κ2) is 6.21. The smallest absolute Gasteiger partial charge is 0.271 e. The molecule has 2 aromatic heterocycles. The van der Waals surface area contributed by atoms with Gasteiger partial charge in [0.1, 0.15) is 5.82 Å². The Morgan fingerprint density at radius 1 is 1.40 bits per heavy atom. The van der Waals surface area contributed by atoms with Crippen LogP contribution < -0.4 is 11.0 Å². The van der Waals surface area contributed by atoms with E-state index in [0.717, 1.165) is 23.7 Å². The van der Waals surface area contributed by atoms with Crippen molar-refractivity contribution in [3.05, 3.63) is 56.0 Å². The maximum absolute atomic E-state index is 12.4. The average Bonchev–Trinajstić information content (AvgIpc) is 3.23. The number of hydrazone groups is 1. The van der Waals surface area contributed by atoms with Gasteiger partial charge in [-0.2, -0.15) is 5.10 Å². The molecule has 3 heterocycles. The van der Waals surface area contributed by atoms with Gasteiger partial charge >= 0.3 is 0 Å². The Hall–Kier alpha value is -2.87. The number of rotatable bonds is 3. The van der Waals surface area contributed by atoms with Crippen LogP contribution in [0.3, 0.4) is 0 Å². The Morgan fingerprint density at radius 3 is 3.08 bits per heavy atom. The molecule has 1 aromatic carbocycles. The third-order valence-electron chi connectivity index (χ3n) is 4.08. The second-order valence-corrected chi connectivity index (χ2v) is 6.87. The van der Waals surface area contributed by atoms with Crippen molar-refractivity contribution >= 4 is 34.4 Å². The molecule has 0 radical (unpaired) electrons. The highest BCUT2D eigenvalue weighted by Crippen LogP contribution is 2.16. The molecule has 0 atom stereocenters. The van der Waals surface area contributed by atoms with E-state index in [4.69, 9.17) is 0 Å². The van der Waals surface area contributed by atoms with Crippen molar-refractivity contribution < 1.29 is 4.79 Å². The second-order valence-electron chi connectivity index (χ2n) is 5.81. The SMILES string of the molecule is Cc1nc(/C=N\NC(=O)c2ccc3c(=O)n4c(nc3c2)CCC4)cs1. The first-order chi connectivity index (χ1) is 12.1. The van der Waals surface area contributed by atoms with Gasteiger partial charge in [-0.05, 0) is 31.5 Å². The Kier molecular flexibility index (Phi) is 3.89. The lowest BCUT2D eigenvalue weighted by Gasteiger charge is -2.06. The van der Waals surface area contributed by atoms with Crippen molar-refractivity contribution in [1.29, 1.82) is 0 Å². The minimum absolute atomic E-state index is 0.0404. The maximum atomic E-state index is 12.4. The third-order valence-corrected chi connectivity index (χ3v) is 4.87. The summed E-state index contributed by atoms with van der Waals surface area (Å²) in [6.45, 7) is 2.62. The van der Waals surface area contributed by atoms with Crippen molar-refractivity contribution in [2.24, 2.45) is 5.10 Å². The van der Waals surface area contributed by atoms with Gasteiger partial charge in [0.2, 0.25) is 0 Å². The molecule has 0 spiro atoms. The molecule has 0 aliphatic carbocycles. The molecule has 1 N–H and O–H groups in total. The highest BCUT2D eigenvalue weighted by atomic mass is 32.1. The number of hydrogen-bond donors (Lipinski definition) is 1. The summed E-state index contributed by atoms with van der Waals surface area (Å²) >= 11 is 1.52. The topological polar surface area (TPSA) is 89.2 Å². The van der Waals surface area contributed by atoms with Crippen molar-refractivity contribution in [2.45, 2.75) is 26.3 Å². The summed E-state index contributed by atoms with van der Waals surface area (Å²) < 4.78 is 1.71. The highest BCUT2D eigenvalue weighted by Gasteiger charge is 2.17. The van der Waals surface area contributed by atoms with Crippen LogP contribution >= 0.6 is 11.3 Å². The van der Waals surface area contributed by atoms with E-state index in [0.29, 0.717) is 28.7 Å². The van der Waals surface area contributed by atoms with Gasteiger partial charge in [-0.1, -0.05) is 0 Å². The number of nitrogens with zero attached hydrogens (tertiary/aromatic N) is 4. The summed E-state index contributed by atoms with van der Waals surface area (Å²) in [6, 6.07) is 4.90. The van der Waals surface area contributed by atoms with E-state index in [1.807, 2.05) is 12.3 Å². The predicted molar refractivity (Wildman–Crippen MR) is 96.2 cm³/mol. The van der Waals surface area contributed by atoms with Gasteiger partial charge in [-0.15, -0.1) is 11.3 Å². The number of hydrogen-bond acceptors (Lipinski definition) is 6. The molecule has 8 heteroatoms. The van der Waals surface area contributed by atoms with E-state index in [2.05, 4.69) is 20.5 Å². The fourth-order valence-electron chi connectivity index (χ4n) is 2.89. The number of aromatic nitrogens is 3. The summed E-state index contributed by atoms with van der Waals surface area (Å²) in [7, 11) is 0. The van der Waals surface area contributed by atoms with E-state index < -0.39 is 0 Å². The van der Waals surface area contributed by atoms with Crippen molar-refractivity contribution in [2.75, 3.05) is 0 Å². The minimum Gasteiger partial charge on any atom is -0.296 e. The third kappa shape index (κ3) is 2.96. The van der Waals surface area contributed by atoms with Crippen LogP contribution in [0.25, 0.3) is 10.9 Å². The molecule has 25 heavy (non-hydrogen) atoms. The molecular formula is C17H15N5O2S. The first-order valence-electron chi connectivity index (χ1n) is 7.91. The first kappa shape index (κ1) is 15.6. The molecule has 0 unspecified atom stereocenters. The first-order valence-corrected chi connectivity index (χ1v) is 8.79. The molecule has 7 nitrogen and oxygen atoms in total. The fraction of sp³-hybridized carbons (Fsp3) is 0.235. The number of carbonyl (C=O) groups excluding carboxylic acids is 1. The van der Waals surface area contributed by atoms with Crippen LogP contribution in [0.4, 0.5) is 0 Å². The summed E-state index contributed by atoms with van der Waals surface area (Å²) in [5, 5.41) is 7.25. The number of aryl methyl sites for hydroxylation is 2. The van der Waals surface area contributed by atoms with Gasteiger partial charge in [0.25, 0.3) is 11.5 Å². The van der Waals surface area contributed by atoms with Crippen LogP contribution in [-0.2, 0) is 13.0 Å². The number of nitrogens with one attached hydrogen (secondary N) is 1. The highest BCUT2D eigenvalue weighted by molar-refractivity contribution is 7.09. The molecule has 1 amide bonds. The zero-order chi connectivity index (χ0) is 17.4. The lowest BCUT2D eigenvalue weighted by Crippen LogP contribution is -2.22. The van der Waals surface area contributed by atoms with E-state index in [-0.39, 0.29) is 11.5 Å². The summed E-state index contributed by atoms with van der Waals surface area (Å²) in [5.41, 5.74) is 4.09. The molecule has 0 saturated heterocycles. The Bertz CT molecular complexity index is 1070. The van der Waals surface area contributed by atoms with Gasteiger partial charge < -0.3 is 0 Å². The molecule has 0 saturated carbocycles. The van der Waals surface area contributed by atoms with E-state index in [1.54, 1.807) is 22.8 Å². The van der Waals surface area contributed by atoms with Crippen molar-refractivity contribution in [3.63, 3.8) is 0 Å². The summed E-state index contributed by atoms with van der Waals surface area (Å²) in [6.07, 6.45) is 3.22. The monoisotopic (exact) mass is 353 g/mol. The van der Waals surface area contributed by atoms with Crippen LogP contribution in [0, 0.1) is 6.92 Å². The predicted octanol–water partition coefficient (Wildman–Crippen LogP) is 1.87.